The number of fused-ring (bicyclic) bond motifs is 1. The number of carbonyl (C=O) groups excluding carboxylic acids is 1. The number of aryl methyl sites for hydroxylation is 2. The minimum Gasteiger partial charge on any atom is -0.489 e. The molecule has 180 valence electrons. The molecule has 3 heterocycles. The first-order chi connectivity index (χ1) is 15.5. The maximum Gasteiger partial charge on any atom is 0.436 e. The molecule has 1 aliphatic heterocycles. The van der Waals surface area contributed by atoms with E-state index in [4.69, 9.17) is 4.74 Å². The van der Waals surface area contributed by atoms with Crippen LogP contribution in [0, 0.1) is 18.8 Å². The number of rotatable bonds is 6. The van der Waals surface area contributed by atoms with Gasteiger partial charge in [0.25, 0.3) is 0 Å². The number of hydrogen-bond acceptors (Lipinski definition) is 7. The number of likely N-dealkylation sites (N-methyl/N-ethyl adjacent to an activating group) is 1. The minimum atomic E-state index is -4.52. The van der Waals surface area contributed by atoms with E-state index in [1.165, 1.54) is 7.05 Å². The van der Waals surface area contributed by atoms with Crippen LogP contribution in [0.2, 0.25) is 0 Å². The van der Waals surface area contributed by atoms with Crippen LogP contribution in [0.4, 0.5) is 30.6 Å². The fourth-order valence-electron chi connectivity index (χ4n) is 4.50. The van der Waals surface area contributed by atoms with Crippen LogP contribution in [0.3, 0.4) is 0 Å². The number of anilines is 3. The Morgan fingerprint density at radius 1 is 1.27 bits per heavy atom. The highest BCUT2D eigenvalue weighted by atomic mass is 19.4. The fraction of sp³-hybridized carbons (Fsp3) is 0.619. The number of carbonyl (C=O) groups is 1. The van der Waals surface area contributed by atoms with Gasteiger partial charge in [-0.3, -0.25) is 9.48 Å². The lowest BCUT2D eigenvalue weighted by molar-refractivity contribution is -0.145. The van der Waals surface area contributed by atoms with E-state index in [1.807, 2.05) is 32.7 Å². The van der Waals surface area contributed by atoms with E-state index < -0.39 is 11.9 Å². The van der Waals surface area contributed by atoms with E-state index in [-0.39, 0.29) is 42.2 Å². The first-order valence-corrected chi connectivity index (χ1v) is 10.9. The Morgan fingerprint density at radius 2 is 1.97 bits per heavy atom. The minimum absolute atomic E-state index is 0.0726. The molecule has 2 aromatic rings. The Bertz CT molecular complexity index is 1050. The summed E-state index contributed by atoms with van der Waals surface area (Å²) >= 11 is 0. The van der Waals surface area contributed by atoms with Gasteiger partial charge < -0.3 is 20.3 Å². The number of alkyl halides is 3. The van der Waals surface area contributed by atoms with E-state index in [1.54, 1.807) is 0 Å². The average Bonchev–Trinajstić information content (AvgIpc) is 3.05. The smallest absolute Gasteiger partial charge is 0.436 e. The topological polar surface area (TPSA) is 97.2 Å². The summed E-state index contributed by atoms with van der Waals surface area (Å²) in [6.45, 7) is 5.97. The number of hydrogen-bond donors (Lipinski definition) is 2. The van der Waals surface area contributed by atoms with Crippen molar-refractivity contribution in [2.45, 2.75) is 51.9 Å². The molecule has 0 unspecified atom stereocenters. The molecule has 1 fully saturated rings. The van der Waals surface area contributed by atoms with Gasteiger partial charge in [-0.15, -0.1) is 0 Å². The van der Waals surface area contributed by atoms with Gasteiger partial charge in [0.05, 0.1) is 18.5 Å². The Balaban J connectivity index is 1.36. The molecule has 1 aliphatic carbocycles. The summed E-state index contributed by atoms with van der Waals surface area (Å²) in [7, 11) is 3.09. The molecule has 0 bridgehead atoms. The molecule has 2 aliphatic rings. The Kier molecular flexibility index (Phi) is 5.87. The quantitative estimate of drug-likeness (QED) is 0.673. The molecule has 0 radical (unpaired) electrons. The molecule has 12 heteroatoms. The standard InChI is InChI=1S/C21H28F3N7O2/c1-10(2)16-19(32)28-15-11(3)26-20(29-18(15)30(16)4)27-13-6-12(7-13)9-33-14-8-25-31(5)17(14)21(22,23)24/h8,10,12-13,16H,6-7,9H2,1-5H3,(H,28,32)(H,26,27,29)/t12-,13+,16-/m0/s1. The third-order valence-electron chi connectivity index (χ3n) is 6.19. The zero-order valence-corrected chi connectivity index (χ0v) is 19.2. The summed E-state index contributed by atoms with van der Waals surface area (Å²) < 4.78 is 45.6. The van der Waals surface area contributed by atoms with Gasteiger partial charge in [0.15, 0.2) is 17.3 Å². The van der Waals surface area contributed by atoms with Gasteiger partial charge in [-0.05, 0) is 31.6 Å². The van der Waals surface area contributed by atoms with Crippen LogP contribution in [-0.4, -0.2) is 51.4 Å². The van der Waals surface area contributed by atoms with E-state index in [9.17, 15) is 18.0 Å². The molecule has 2 N–H and O–H groups in total. The van der Waals surface area contributed by atoms with Gasteiger partial charge in [-0.25, -0.2) is 4.98 Å². The van der Waals surface area contributed by atoms with Crippen molar-refractivity contribution < 1.29 is 22.7 Å². The molecule has 0 saturated heterocycles. The van der Waals surface area contributed by atoms with Gasteiger partial charge in [0, 0.05) is 20.1 Å². The Labute approximate surface area is 189 Å². The first kappa shape index (κ1) is 23.1. The highest BCUT2D eigenvalue weighted by Gasteiger charge is 2.40. The number of aromatic nitrogens is 4. The van der Waals surface area contributed by atoms with Crippen LogP contribution in [-0.2, 0) is 18.0 Å². The van der Waals surface area contributed by atoms with Gasteiger partial charge >= 0.3 is 6.18 Å². The van der Waals surface area contributed by atoms with Crippen LogP contribution in [0.1, 0.15) is 38.1 Å². The number of halogens is 3. The normalized spacial score (nSPS) is 22.6. The molecule has 4 rings (SSSR count). The molecule has 0 spiro atoms. The van der Waals surface area contributed by atoms with Gasteiger partial charge in [-0.2, -0.15) is 23.3 Å². The predicted molar refractivity (Wildman–Crippen MR) is 116 cm³/mol. The summed E-state index contributed by atoms with van der Waals surface area (Å²) in [5.41, 5.74) is 0.396. The lowest BCUT2D eigenvalue weighted by atomic mass is 9.81. The molecule has 9 nitrogen and oxygen atoms in total. The lowest BCUT2D eigenvalue weighted by Gasteiger charge is -2.38. The third kappa shape index (κ3) is 4.42. The second-order valence-corrected chi connectivity index (χ2v) is 9.09. The van der Waals surface area contributed by atoms with Crippen molar-refractivity contribution in [1.29, 1.82) is 0 Å². The molecular weight excluding hydrogens is 439 g/mol. The summed E-state index contributed by atoms with van der Waals surface area (Å²) in [5.74, 6) is 1.04. The molecular formula is C21H28F3N7O2. The van der Waals surface area contributed by atoms with Crippen LogP contribution in [0.5, 0.6) is 5.75 Å². The lowest BCUT2D eigenvalue weighted by Crippen LogP contribution is -2.50. The van der Waals surface area contributed by atoms with E-state index >= 15 is 0 Å². The summed E-state index contributed by atoms with van der Waals surface area (Å²) in [4.78, 5) is 23.4. The number of amides is 1. The molecule has 33 heavy (non-hydrogen) atoms. The molecule has 2 aromatic heterocycles. The number of nitrogens with zero attached hydrogens (tertiary/aromatic N) is 5. The number of nitrogens with one attached hydrogen (secondary N) is 2. The van der Waals surface area contributed by atoms with Crippen molar-refractivity contribution in [2.75, 3.05) is 29.2 Å². The monoisotopic (exact) mass is 467 g/mol. The van der Waals surface area contributed by atoms with Crippen molar-refractivity contribution in [2.24, 2.45) is 18.9 Å². The maximum absolute atomic E-state index is 13.1. The predicted octanol–water partition coefficient (Wildman–Crippen LogP) is 3.22. The average molecular weight is 467 g/mol. The van der Waals surface area contributed by atoms with Crippen LogP contribution < -0.4 is 20.3 Å². The Hall–Kier alpha value is -3.05. The van der Waals surface area contributed by atoms with Crippen molar-refractivity contribution in [3.63, 3.8) is 0 Å². The molecule has 1 amide bonds. The molecule has 1 atom stereocenters. The second kappa shape index (κ2) is 8.38. The van der Waals surface area contributed by atoms with Crippen molar-refractivity contribution >= 4 is 23.4 Å². The SMILES string of the molecule is Cc1nc(N[C@H]2C[C@@H](COc3cnn(C)c3C(F)(F)F)C2)nc2c1NC(=O)[C@H](C(C)C)N2C. The molecule has 0 aromatic carbocycles. The van der Waals surface area contributed by atoms with Crippen molar-refractivity contribution in [1.82, 2.24) is 19.7 Å². The first-order valence-electron chi connectivity index (χ1n) is 10.9. The second-order valence-electron chi connectivity index (χ2n) is 9.09. The van der Waals surface area contributed by atoms with Crippen LogP contribution in [0.15, 0.2) is 6.20 Å². The van der Waals surface area contributed by atoms with Gasteiger partial charge in [0.2, 0.25) is 11.9 Å². The van der Waals surface area contributed by atoms with Gasteiger partial charge in [0.1, 0.15) is 11.7 Å². The summed E-state index contributed by atoms with van der Waals surface area (Å²) in [6, 6.07) is -0.227. The largest absolute Gasteiger partial charge is 0.489 e. The van der Waals surface area contributed by atoms with E-state index in [0.717, 1.165) is 23.7 Å². The Morgan fingerprint density at radius 3 is 2.61 bits per heavy atom. The zero-order chi connectivity index (χ0) is 24.1. The van der Waals surface area contributed by atoms with E-state index in [2.05, 4.69) is 25.7 Å². The summed E-state index contributed by atoms with van der Waals surface area (Å²) in [6.07, 6.45) is -1.97. The maximum atomic E-state index is 13.1. The van der Waals surface area contributed by atoms with Crippen LogP contribution in [0.25, 0.3) is 0 Å². The summed E-state index contributed by atoms with van der Waals surface area (Å²) in [5, 5.41) is 9.88. The fourth-order valence-corrected chi connectivity index (χ4v) is 4.50. The number of ether oxygens (including phenoxy) is 1. The van der Waals surface area contributed by atoms with Crippen molar-refractivity contribution in [3.05, 3.63) is 17.6 Å². The van der Waals surface area contributed by atoms with Crippen LogP contribution >= 0.6 is 0 Å². The third-order valence-corrected chi connectivity index (χ3v) is 6.19. The highest BCUT2D eigenvalue weighted by molar-refractivity contribution is 6.03. The van der Waals surface area contributed by atoms with Crippen molar-refractivity contribution in [3.8, 4) is 5.75 Å². The zero-order valence-electron chi connectivity index (χ0n) is 19.2. The van der Waals surface area contributed by atoms with E-state index in [0.29, 0.717) is 23.1 Å². The highest BCUT2D eigenvalue weighted by Crippen LogP contribution is 2.38. The molecule has 1 saturated carbocycles. The van der Waals surface area contributed by atoms with Gasteiger partial charge in [-0.1, -0.05) is 13.8 Å².